The molecule has 26 heavy (non-hydrogen) atoms. The molecule has 0 bridgehead atoms. The summed E-state index contributed by atoms with van der Waals surface area (Å²) in [6.45, 7) is 5.45. The Bertz CT molecular complexity index is 632. The molecule has 2 rings (SSSR count). The van der Waals surface area contributed by atoms with Crippen molar-refractivity contribution in [2.24, 2.45) is 5.92 Å². The fourth-order valence-electron chi connectivity index (χ4n) is 2.87. The number of nitrogens with one attached hydrogen (secondary N) is 1. The van der Waals surface area contributed by atoms with Crippen molar-refractivity contribution in [2.45, 2.75) is 32.8 Å². The standard InChI is InChI=1S/C19H28N2O5/c1-13(2)26-9-5-8-20-19(23)14-10-18(22)21(12-14)16-7-6-15(24-3)11-17(16)25-4/h6-7,11,13-14H,5,8-10,12H2,1-4H3,(H,20,23)/t14-/m0/s1. The highest BCUT2D eigenvalue weighted by Gasteiger charge is 2.36. The van der Waals surface area contributed by atoms with Gasteiger partial charge in [-0.05, 0) is 32.4 Å². The smallest absolute Gasteiger partial charge is 0.227 e. The monoisotopic (exact) mass is 364 g/mol. The third kappa shape index (κ3) is 5.11. The second kappa shape index (κ2) is 9.43. The average Bonchev–Trinajstić information content (AvgIpc) is 3.02. The van der Waals surface area contributed by atoms with Crippen LogP contribution in [0.5, 0.6) is 11.5 Å². The first-order valence-electron chi connectivity index (χ1n) is 8.88. The highest BCUT2D eigenvalue weighted by molar-refractivity contribution is 6.01. The van der Waals surface area contributed by atoms with Crippen molar-refractivity contribution in [2.75, 3.05) is 38.8 Å². The lowest BCUT2D eigenvalue weighted by Gasteiger charge is -2.20. The second-order valence-electron chi connectivity index (χ2n) is 6.51. The first-order valence-corrected chi connectivity index (χ1v) is 8.88. The summed E-state index contributed by atoms with van der Waals surface area (Å²) in [5.74, 6) is 0.648. The molecule has 2 amide bonds. The van der Waals surface area contributed by atoms with Crippen LogP contribution in [0, 0.1) is 5.92 Å². The van der Waals surface area contributed by atoms with Gasteiger partial charge in [0.2, 0.25) is 11.8 Å². The van der Waals surface area contributed by atoms with Gasteiger partial charge in [-0.25, -0.2) is 0 Å². The van der Waals surface area contributed by atoms with Gasteiger partial charge in [-0.15, -0.1) is 0 Å². The minimum absolute atomic E-state index is 0.0863. The fourth-order valence-corrected chi connectivity index (χ4v) is 2.87. The van der Waals surface area contributed by atoms with Crippen molar-refractivity contribution in [1.29, 1.82) is 0 Å². The van der Waals surface area contributed by atoms with Crippen molar-refractivity contribution >= 4 is 17.5 Å². The van der Waals surface area contributed by atoms with Gasteiger partial charge >= 0.3 is 0 Å². The molecule has 1 aromatic rings. The van der Waals surface area contributed by atoms with Gasteiger partial charge in [-0.1, -0.05) is 0 Å². The Balaban J connectivity index is 1.93. The first-order chi connectivity index (χ1) is 12.5. The molecule has 1 N–H and O–H groups in total. The van der Waals surface area contributed by atoms with Crippen molar-refractivity contribution in [3.05, 3.63) is 18.2 Å². The lowest BCUT2D eigenvalue weighted by molar-refractivity contribution is -0.126. The number of benzene rings is 1. The minimum Gasteiger partial charge on any atom is -0.497 e. The van der Waals surface area contributed by atoms with Crippen LogP contribution in [0.25, 0.3) is 0 Å². The molecule has 0 unspecified atom stereocenters. The molecule has 0 spiro atoms. The van der Waals surface area contributed by atoms with E-state index in [-0.39, 0.29) is 30.3 Å². The molecule has 1 atom stereocenters. The summed E-state index contributed by atoms with van der Waals surface area (Å²) in [5, 5.41) is 2.89. The Morgan fingerprint density at radius 3 is 2.73 bits per heavy atom. The molecule has 1 aromatic carbocycles. The SMILES string of the molecule is COc1ccc(N2C[C@@H](C(=O)NCCCOC(C)C)CC2=O)c(OC)c1. The molecular weight excluding hydrogens is 336 g/mol. The highest BCUT2D eigenvalue weighted by atomic mass is 16.5. The molecule has 1 aliphatic rings. The van der Waals surface area contributed by atoms with E-state index >= 15 is 0 Å². The molecule has 0 saturated carbocycles. The van der Waals surface area contributed by atoms with Gasteiger partial charge in [0, 0.05) is 32.2 Å². The third-order valence-corrected chi connectivity index (χ3v) is 4.25. The van der Waals surface area contributed by atoms with Crippen LogP contribution < -0.4 is 19.7 Å². The van der Waals surface area contributed by atoms with Crippen molar-refractivity contribution in [3.8, 4) is 11.5 Å². The van der Waals surface area contributed by atoms with Gasteiger partial charge in [0.05, 0.1) is 31.9 Å². The zero-order chi connectivity index (χ0) is 19.1. The second-order valence-corrected chi connectivity index (χ2v) is 6.51. The number of carbonyl (C=O) groups is 2. The van der Waals surface area contributed by atoms with E-state index in [0.717, 1.165) is 6.42 Å². The van der Waals surface area contributed by atoms with Crippen LogP contribution in [0.3, 0.4) is 0 Å². The molecule has 7 nitrogen and oxygen atoms in total. The Hall–Kier alpha value is -2.28. The van der Waals surface area contributed by atoms with Crippen LogP contribution in [0.2, 0.25) is 0 Å². The quantitative estimate of drug-likeness (QED) is 0.678. The topological polar surface area (TPSA) is 77.1 Å². The summed E-state index contributed by atoms with van der Waals surface area (Å²) >= 11 is 0. The van der Waals surface area contributed by atoms with E-state index in [1.54, 1.807) is 37.3 Å². The number of hydrogen-bond donors (Lipinski definition) is 1. The molecule has 1 saturated heterocycles. The molecule has 0 aromatic heterocycles. The summed E-state index contributed by atoms with van der Waals surface area (Å²) in [4.78, 5) is 26.3. The average molecular weight is 364 g/mol. The normalized spacial score (nSPS) is 16.9. The van der Waals surface area contributed by atoms with Gasteiger partial charge < -0.3 is 24.4 Å². The molecule has 0 aliphatic carbocycles. The lowest BCUT2D eigenvalue weighted by atomic mass is 10.1. The Labute approximate surface area is 154 Å². The summed E-state index contributed by atoms with van der Waals surface area (Å²) in [7, 11) is 3.12. The molecule has 1 heterocycles. The van der Waals surface area contributed by atoms with Crippen molar-refractivity contribution in [1.82, 2.24) is 5.32 Å². The minimum atomic E-state index is -0.361. The maximum atomic E-state index is 12.4. The van der Waals surface area contributed by atoms with E-state index in [2.05, 4.69) is 5.32 Å². The summed E-state index contributed by atoms with van der Waals surface area (Å²) < 4.78 is 16.0. The molecule has 144 valence electrons. The Kier molecular flexibility index (Phi) is 7.26. The molecule has 1 fully saturated rings. The number of rotatable bonds is 9. The van der Waals surface area contributed by atoms with Gasteiger partial charge in [-0.2, -0.15) is 0 Å². The summed E-state index contributed by atoms with van der Waals surface area (Å²) in [6, 6.07) is 5.27. The van der Waals surface area contributed by atoms with Crippen LogP contribution in [0.15, 0.2) is 18.2 Å². The zero-order valence-electron chi connectivity index (χ0n) is 15.9. The summed E-state index contributed by atoms with van der Waals surface area (Å²) in [5.41, 5.74) is 0.652. The van der Waals surface area contributed by atoms with Crippen LogP contribution in [-0.2, 0) is 14.3 Å². The van der Waals surface area contributed by atoms with Crippen LogP contribution in [0.1, 0.15) is 26.7 Å². The number of amides is 2. The zero-order valence-corrected chi connectivity index (χ0v) is 15.9. The number of carbonyl (C=O) groups excluding carboxylic acids is 2. The maximum absolute atomic E-state index is 12.4. The van der Waals surface area contributed by atoms with Crippen LogP contribution in [-0.4, -0.2) is 51.8 Å². The van der Waals surface area contributed by atoms with E-state index < -0.39 is 0 Å². The Morgan fingerprint density at radius 1 is 1.31 bits per heavy atom. The van der Waals surface area contributed by atoms with E-state index in [1.165, 1.54) is 0 Å². The largest absolute Gasteiger partial charge is 0.497 e. The molecular formula is C19H28N2O5. The number of anilines is 1. The Morgan fingerprint density at radius 2 is 2.08 bits per heavy atom. The third-order valence-electron chi connectivity index (χ3n) is 4.25. The number of nitrogens with zero attached hydrogens (tertiary/aromatic N) is 1. The molecule has 1 aliphatic heterocycles. The van der Waals surface area contributed by atoms with Crippen molar-refractivity contribution in [3.63, 3.8) is 0 Å². The van der Waals surface area contributed by atoms with Gasteiger partial charge in [-0.3, -0.25) is 9.59 Å². The summed E-state index contributed by atoms with van der Waals surface area (Å²) in [6.07, 6.45) is 1.13. The van der Waals surface area contributed by atoms with Gasteiger partial charge in [0.1, 0.15) is 11.5 Å². The van der Waals surface area contributed by atoms with E-state index in [0.29, 0.717) is 36.9 Å². The lowest BCUT2D eigenvalue weighted by Crippen LogP contribution is -2.34. The highest BCUT2D eigenvalue weighted by Crippen LogP contribution is 2.35. The molecule has 0 radical (unpaired) electrons. The molecule has 7 heteroatoms. The number of hydrogen-bond acceptors (Lipinski definition) is 5. The predicted octanol–water partition coefficient (Wildman–Crippen LogP) is 1.99. The van der Waals surface area contributed by atoms with Crippen LogP contribution >= 0.6 is 0 Å². The number of methoxy groups -OCH3 is 2. The van der Waals surface area contributed by atoms with E-state index in [1.807, 2.05) is 13.8 Å². The van der Waals surface area contributed by atoms with Gasteiger partial charge in [0.15, 0.2) is 0 Å². The first kappa shape index (κ1) is 20.0. The van der Waals surface area contributed by atoms with Crippen LogP contribution in [0.4, 0.5) is 5.69 Å². The number of ether oxygens (including phenoxy) is 3. The fraction of sp³-hybridized carbons (Fsp3) is 0.579. The van der Waals surface area contributed by atoms with E-state index in [4.69, 9.17) is 14.2 Å². The maximum Gasteiger partial charge on any atom is 0.227 e. The van der Waals surface area contributed by atoms with E-state index in [9.17, 15) is 9.59 Å². The predicted molar refractivity (Wildman–Crippen MR) is 98.7 cm³/mol. The van der Waals surface area contributed by atoms with Crippen molar-refractivity contribution < 1.29 is 23.8 Å². The van der Waals surface area contributed by atoms with Gasteiger partial charge in [0.25, 0.3) is 0 Å².